The number of thiazole rings is 1. The Morgan fingerprint density at radius 1 is 1.07 bits per heavy atom. The van der Waals surface area contributed by atoms with Crippen molar-refractivity contribution >= 4 is 22.3 Å². The first-order valence-corrected chi connectivity index (χ1v) is 9.45. The molecule has 0 saturated carbocycles. The van der Waals surface area contributed by atoms with E-state index in [1.54, 1.807) is 12.4 Å². The Morgan fingerprint density at radius 2 is 1.96 bits per heavy atom. The molecule has 0 fully saturated rings. The summed E-state index contributed by atoms with van der Waals surface area (Å²) in [5.41, 5.74) is 0.986. The highest BCUT2D eigenvalue weighted by atomic mass is 32.1. The van der Waals surface area contributed by atoms with Crippen LogP contribution in [0.25, 0.3) is 0 Å². The SMILES string of the molecule is Cc1cnc(CCc2csc(Nc3ncccc3Oc3ccccc3)n2)o1. The molecule has 6 nitrogen and oxygen atoms in total. The lowest BCUT2D eigenvalue weighted by Crippen LogP contribution is -1.97. The highest BCUT2D eigenvalue weighted by molar-refractivity contribution is 7.13. The van der Waals surface area contributed by atoms with Gasteiger partial charge in [-0.15, -0.1) is 11.3 Å². The Bertz CT molecular complexity index is 1010. The molecule has 0 bridgehead atoms. The van der Waals surface area contributed by atoms with E-state index in [-0.39, 0.29) is 0 Å². The molecule has 0 unspecified atom stereocenters. The summed E-state index contributed by atoms with van der Waals surface area (Å²) in [6, 6.07) is 13.3. The van der Waals surface area contributed by atoms with Crippen molar-refractivity contribution in [2.75, 3.05) is 5.32 Å². The van der Waals surface area contributed by atoms with Gasteiger partial charge in [-0.05, 0) is 37.6 Å². The van der Waals surface area contributed by atoms with Gasteiger partial charge in [-0.3, -0.25) is 0 Å². The van der Waals surface area contributed by atoms with Gasteiger partial charge in [0.15, 0.2) is 22.6 Å². The van der Waals surface area contributed by atoms with Gasteiger partial charge in [0.1, 0.15) is 11.5 Å². The van der Waals surface area contributed by atoms with Crippen LogP contribution in [0.3, 0.4) is 0 Å². The highest BCUT2D eigenvalue weighted by Gasteiger charge is 2.10. The van der Waals surface area contributed by atoms with Crippen LogP contribution in [-0.2, 0) is 12.8 Å². The first-order chi connectivity index (χ1) is 13.3. The molecule has 4 rings (SSSR count). The predicted octanol–water partition coefficient (Wildman–Crippen LogP) is 5.16. The number of pyridine rings is 1. The third-order valence-electron chi connectivity index (χ3n) is 3.78. The molecule has 0 spiro atoms. The summed E-state index contributed by atoms with van der Waals surface area (Å²) >= 11 is 1.53. The molecule has 1 N–H and O–H groups in total. The van der Waals surface area contributed by atoms with E-state index in [1.165, 1.54) is 11.3 Å². The van der Waals surface area contributed by atoms with Crippen LogP contribution in [0.2, 0.25) is 0 Å². The summed E-state index contributed by atoms with van der Waals surface area (Å²) in [6.07, 6.45) is 4.95. The molecule has 0 saturated heterocycles. The van der Waals surface area contributed by atoms with E-state index < -0.39 is 0 Å². The molecule has 0 aliphatic heterocycles. The Hall–Kier alpha value is -3.19. The van der Waals surface area contributed by atoms with E-state index in [0.717, 1.165) is 41.1 Å². The zero-order chi connectivity index (χ0) is 18.5. The maximum atomic E-state index is 5.93. The van der Waals surface area contributed by atoms with Gasteiger partial charge in [0.2, 0.25) is 0 Å². The minimum absolute atomic E-state index is 0.630. The van der Waals surface area contributed by atoms with Crippen molar-refractivity contribution in [3.63, 3.8) is 0 Å². The van der Waals surface area contributed by atoms with E-state index in [9.17, 15) is 0 Å². The van der Waals surface area contributed by atoms with Crippen LogP contribution in [0.4, 0.5) is 10.9 Å². The Morgan fingerprint density at radius 3 is 2.78 bits per heavy atom. The average molecular weight is 378 g/mol. The van der Waals surface area contributed by atoms with Gasteiger partial charge < -0.3 is 14.5 Å². The zero-order valence-electron chi connectivity index (χ0n) is 14.8. The number of oxazole rings is 1. The number of para-hydroxylation sites is 1. The predicted molar refractivity (Wildman–Crippen MR) is 105 cm³/mol. The minimum atomic E-state index is 0.630. The largest absolute Gasteiger partial charge is 0.453 e. The van der Waals surface area contributed by atoms with Crippen LogP contribution in [0.1, 0.15) is 17.3 Å². The second-order valence-electron chi connectivity index (χ2n) is 5.90. The van der Waals surface area contributed by atoms with Crippen molar-refractivity contribution in [2.45, 2.75) is 19.8 Å². The number of aromatic nitrogens is 3. The number of benzene rings is 1. The number of hydrogen-bond donors (Lipinski definition) is 1. The van der Waals surface area contributed by atoms with Crippen LogP contribution in [0.5, 0.6) is 11.5 Å². The number of nitrogens with one attached hydrogen (secondary N) is 1. The molecule has 3 aromatic heterocycles. The average Bonchev–Trinajstić information content (AvgIpc) is 3.31. The fraction of sp³-hybridized carbons (Fsp3) is 0.150. The van der Waals surface area contributed by atoms with Gasteiger partial charge >= 0.3 is 0 Å². The monoisotopic (exact) mass is 378 g/mol. The van der Waals surface area contributed by atoms with Gasteiger partial charge in [-0.1, -0.05) is 18.2 Å². The lowest BCUT2D eigenvalue weighted by atomic mass is 10.2. The molecule has 1 aromatic carbocycles. The van der Waals surface area contributed by atoms with Gasteiger partial charge in [0.05, 0.1) is 11.9 Å². The van der Waals surface area contributed by atoms with Gasteiger partial charge in [-0.2, -0.15) is 0 Å². The van der Waals surface area contributed by atoms with Crippen LogP contribution >= 0.6 is 11.3 Å². The fourth-order valence-corrected chi connectivity index (χ4v) is 3.26. The van der Waals surface area contributed by atoms with Crippen molar-refractivity contribution in [3.05, 3.63) is 77.6 Å². The van der Waals surface area contributed by atoms with Crippen molar-refractivity contribution in [1.82, 2.24) is 15.0 Å². The van der Waals surface area contributed by atoms with E-state index >= 15 is 0 Å². The lowest BCUT2D eigenvalue weighted by Gasteiger charge is -2.10. The number of rotatable bonds is 7. The summed E-state index contributed by atoms with van der Waals surface area (Å²) in [6.45, 7) is 1.89. The molecule has 4 aromatic rings. The highest BCUT2D eigenvalue weighted by Crippen LogP contribution is 2.30. The lowest BCUT2D eigenvalue weighted by molar-refractivity contribution is 0.470. The first-order valence-electron chi connectivity index (χ1n) is 8.57. The van der Waals surface area contributed by atoms with E-state index in [1.807, 2.05) is 54.8 Å². The smallest absolute Gasteiger partial charge is 0.194 e. The molecular weight excluding hydrogens is 360 g/mol. The third kappa shape index (κ3) is 4.51. The van der Waals surface area contributed by atoms with Crippen molar-refractivity contribution in [3.8, 4) is 11.5 Å². The molecule has 7 heteroatoms. The van der Waals surface area contributed by atoms with Gasteiger partial charge in [0, 0.05) is 18.0 Å². The molecule has 0 atom stereocenters. The molecular formula is C20H18N4O2S. The Labute approximate surface area is 160 Å². The molecule has 27 heavy (non-hydrogen) atoms. The van der Waals surface area contributed by atoms with Crippen LogP contribution < -0.4 is 10.1 Å². The van der Waals surface area contributed by atoms with Crippen molar-refractivity contribution in [2.24, 2.45) is 0 Å². The summed E-state index contributed by atoms with van der Waals surface area (Å²) in [7, 11) is 0. The number of anilines is 2. The number of ether oxygens (including phenoxy) is 1. The van der Waals surface area contributed by atoms with Gasteiger partial charge in [-0.25, -0.2) is 15.0 Å². The molecule has 0 amide bonds. The molecule has 0 aliphatic rings. The summed E-state index contributed by atoms with van der Waals surface area (Å²) in [5, 5.41) is 6.04. The maximum Gasteiger partial charge on any atom is 0.194 e. The fourth-order valence-electron chi connectivity index (χ4n) is 2.51. The Balaban J connectivity index is 1.43. The molecule has 136 valence electrons. The normalized spacial score (nSPS) is 10.7. The molecule has 0 aliphatic carbocycles. The number of hydrogen-bond acceptors (Lipinski definition) is 7. The first kappa shape index (κ1) is 17.2. The minimum Gasteiger partial charge on any atom is -0.453 e. The van der Waals surface area contributed by atoms with Crippen LogP contribution in [-0.4, -0.2) is 15.0 Å². The van der Waals surface area contributed by atoms with E-state index in [4.69, 9.17) is 9.15 Å². The van der Waals surface area contributed by atoms with E-state index in [0.29, 0.717) is 11.6 Å². The van der Waals surface area contributed by atoms with Crippen molar-refractivity contribution in [1.29, 1.82) is 0 Å². The molecule has 0 radical (unpaired) electrons. The maximum absolute atomic E-state index is 5.93. The van der Waals surface area contributed by atoms with Gasteiger partial charge in [0.25, 0.3) is 0 Å². The van der Waals surface area contributed by atoms with Crippen molar-refractivity contribution < 1.29 is 9.15 Å². The number of nitrogens with zero attached hydrogens (tertiary/aromatic N) is 3. The standard InChI is InChI=1S/C20H18N4O2S/c1-14-12-22-18(25-14)10-9-15-13-27-20(23-15)24-19-17(8-5-11-21-19)26-16-6-3-2-4-7-16/h2-8,11-13H,9-10H2,1H3,(H,21,23,24). The Kier molecular flexibility index (Phi) is 5.11. The summed E-state index contributed by atoms with van der Waals surface area (Å²) in [4.78, 5) is 13.2. The molecule has 3 heterocycles. The quantitative estimate of drug-likeness (QED) is 0.479. The summed E-state index contributed by atoms with van der Waals surface area (Å²) in [5.74, 6) is 3.60. The number of aryl methyl sites for hydroxylation is 3. The van der Waals surface area contributed by atoms with Crippen LogP contribution in [0.15, 0.2) is 64.7 Å². The zero-order valence-corrected chi connectivity index (χ0v) is 15.6. The second kappa shape index (κ2) is 8.01. The van der Waals surface area contributed by atoms with E-state index in [2.05, 4.69) is 20.3 Å². The third-order valence-corrected chi connectivity index (χ3v) is 4.59. The second-order valence-corrected chi connectivity index (χ2v) is 6.76. The topological polar surface area (TPSA) is 73.1 Å². The summed E-state index contributed by atoms with van der Waals surface area (Å²) < 4.78 is 11.4. The van der Waals surface area contributed by atoms with Crippen LogP contribution in [0, 0.1) is 6.92 Å².